The van der Waals surface area contributed by atoms with Crippen molar-refractivity contribution in [3.8, 4) is 0 Å². The van der Waals surface area contributed by atoms with E-state index in [0.717, 1.165) is 31.7 Å². The van der Waals surface area contributed by atoms with Crippen LogP contribution < -0.4 is 11.1 Å². The van der Waals surface area contributed by atoms with Gasteiger partial charge in [-0.15, -0.1) is 0 Å². The topological polar surface area (TPSA) is 58.4 Å². The molecule has 1 aromatic carbocycles. The summed E-state index contributed by atoms with van der Waals surface area (Å²) in [6.45, 7) is 8.15. The average Bonchev–Trinajstić information content (AvgIpc) is 2.87. The first-order valence-corrected chi connectivity index (χ1v) is 6.97. The SMILES string of the molecule is CCN1CCC(CNC(=O)c2cccc(N)c2C)C1. The van der Waals surface area contributed by atoms with Gasteiger partial charge in [-0.1, -0.05) is 13.0 Å². The highest BCUT2D eigenvalue weighted by atomic mass is 16.1. The van der Waals surface area contributed by atoms with Gasteiger partial charge >= 0.3 is 0 Å². The molecule has 1 aromatic rings. The average molecular weight is 261 g/mol. The zero-order chi connectivity index (χ0) is 13.8. The zero-order valence-corrected chi connectivity index (χ0v) is 11.8. The predicted molar refractivity (Wildman–Crippen MR) is 78.1 cm³/mol. The van der Waals surface area contributed by atoms with Crippen molar-refractivity contribution >= 4 is 11.6 Å². The minimum absolute atomic E-state index is 0.0141. The van der Waals surface area contributed by atoms with Crippen LogP contribution in [0.4, 0.5) is 5.69 Å². The van der Waals surface area contributed by atoms with Gasteiger partial charge in [0.1, 0.15) is 0 Å². The van der Waals surface area contributed by atoms with E-state index in [4.69, 9.17) is 5.73 Å². The van der Waals surface area contributed by atoms with Crippen LogP contribution in [-0.4, -0.2) is 37.0 Å². The summed E-state index contributed by atoms with van der Waals surface area (Å²) in [5.41, 5.74) is 8.05. The third-order valence-corrected chi connectivity index (χ3v) is 3.99. The van der Waals surface area contributed by atoms with E-state index in [1.165, 1.54) is 6.42 Å². The van der Waals surface area contributed by atoms with Gasteiger partial charge in [-0.2, -0.15) is 0 Å². The molecule has 1 aliphatic heterocycles. The lowest BCUT2D eigenvalue weighted by atomic mass is 10.1. The summed E-state index contributed by atoms with van der Waals surface area (Å²) in [4.78, 5) is 14.6. The van der Waals surface area contributed by atoms with Crippen molar-refractivity contribution in [3.63, 3.8) is 0 Å². The Kier molecular flexibility index (Phi) is 4.43. The van der Waals surface area contributed by atoms with Gasteiger partial charge in [0.2, 0.25) is 0 Å². The maximum atomic E-state index is 12.1. The molecule has 1 heterocycles. The molecule has 0 aromatic heterocycles. The number of nitrogens with two attached hydrogens (primary N) is 1. The molecule has 1 amide bonds. The van der Waals surface area contributed by atoms with Gasteiger partial charge in [-0.05, 0) is 50.0 Å². The number of nitrogens with zero attached hydrogens (tertiary/aromatic N) is 1. The van der Waals surface area contributed by atoms with Crippen LogP contribution in [0.1, 0.15) is 29.3 Å². The number of anilines is 1. The number of nitrogens with one attached hydrogen (secondary N) is 1. The summed E-state index contributed by atoms with van der Waals surface area (Å²) in [5, 5.41) is 3.03. The van der Waals surface area contributed by atoms with Crippen LogP contribution >= 0.6 is 0 Å². The Labute approximate surface area is 115 Å². The number of amides is 1. The van der Waals surface area contributed by atoms with Crippen molar-refractivity contribution in [2.24, 2.45) is 5.92 Å². The molecule has 1 fully saturated rings. The molecule has 1 aliphatic rings. The number of nitrogen functional groups attached to an aromatic ring is 1. The monoisotopic (exact) mass is 261 g/mol. The molecule has 1 atom stereocenters. The highest BCUT2D eigenvalue weighted by Crippen LogP contribution is 2.17. The van der Waals surface area contributed by atoms with Crippen LogP contribution in [0.5, 0.6) is 0 Å². The molecule has 2 rings (SSSR count). The van der Waals surface area contributed by atoms with Gasteiger partial charge in [0, 0.05) is 24.3 Å². The number of carbonyl (C=O) groups is 1. The number of rotatable bonds is 4. The Bertz CT molecular complexity index is 459. The molecular formula is C15H23N3O. The first kappa shape index (κ1) is 13.9. The van der Waals surface area contributed by atoms with E-state index in [1.807, 2.05) is 25.1 Å². The van der Waals surface area contributed by atoms with Crippen LogP contribution in [0.3, 0.4) is 0 Å². The van der Waals surface area contributed by atoms with Crippen LogP contribution in [0.15, 0.2) is 18.2 Å². The second kappa shape index (κ2) is 6.06. The van der Waals surface area contributed by atoms with E-state index in [-0.39, 0.29) is 5.91 Å². The van der Waals surface area contributed by atoms with Crippen LogP contribution in [0.25, 0.3) is 0 Å². The fourth-order valence-electron chi connectivity index (χ4n) is 2.60. The minimum Gasteiger partial charge on any atom is -0.398 e. The molecule has 1 saturated heterocycles. The molecule has 0 bridgehead atoms. The van der Waals surface area contributed by atoms with Crippen molar-refractivity contribution in [3.05, 3.63) is 29.3 Å². The van der Waals surface area contributed by atoms with E-state index >= 15 is 0 Å². The predicted octanol–water partition coefficient (Wildman–Crippen LogP) is 1.65. The molecule has 1 unspecified atom stereocenters. The summed E-state index contributed by atoms with van der Waals surface area (Å²) in [5.74, 6) is 0.560. The lowest BCUT2D eigenvalue weighted by Crippen LogP contribution is -2.31. The van der Waals surface area contributed by atoms with E-state index in [9.17, 15) is 4.79 Å². The third-order valence-electron chi connectivity index (χ3n) is 3.99. The van der Waals surface area contributed by atoms with Gasteiger partial charge in [0.25, 0.3) is 5.91 Å². The Hall–Kier alpha value is -1.55. The van der Waals surface area contributed by atoms with Crippen molar-refractivity contribution < 1.29 is 4.79 Å². The first-order chi connectivity index (χ1) is 9.11. The van der Waals surface area contributed by atoms with Gasteiger partial charge < -0.3 is 16.0 Å². The highest BCUT2D eigenvalue weighted by molar-refractivity contribution is 5.96. The normalized spacial score (nSPS) is 19.6. The fraction of sp³-hybridized carbons (Fsp3) is 0.533. The lowest BCUT2D eigenvalue weighted by Gasteiger charge is -2.14. The third kappa shape index (κ3) is 3.26. The maximum absolute atomic E-state index is 12.1. The second-order valence-electron chi connectivity index (χ2n) is 5.28. The summed E-state index contributed by atoms with van der Waals surface area (Å²) in [6, 6.07) is 5.47. The minimum atomic E-state index is -0.0141. The molecular weight excluding hydrogens is 238 g/mol. The van der Waals surface area contributed by atoms with E-state index in [0.29, 0.717) is 17.2 Å². The van der Waals surface area contributed by atoms with Crippen molar-refractivity contribution in [2.75, 3.05) is 31.9 Å². The molecule has 0 radical (unpaired) electrons. The van der Waals surface area contributed by atoms with Crippen LogP contribution in [0, 0.1) is 12.8 Å². The first-order valence-electron chi connectivity index (χ1n) is 6.97. The Morgan fingerprint density at radius 3 is 3.00 bits per heavy atom. The molecule has 4 heteroatoms. The molecule has 4 nitrogen and oxygen atoms in total. The maximum Gasteiger partial charge on any atom is 0.251 e. The van der Waals surface area contributed by atoms with Gasteiger partial charge in [-0.25, -0.2) is 0 Å². The molecule has 3 N–H and O–H groups in total. The fourth-order valence-corrected chi connectivity index (χ4v) is 2.60. The largest absolute Gasteiger partial charge is 0.398 e. The molecule has 19 heavy (non-hydrogen) atoms. The van der Waals surface area contributed by atoms with Gasteiger partial charge in [0.15, 0.2) is 0 Å². The van der Waals surface area contributed by atoms with Gasteiger partial charge in [-0.3, -0.25) is 4.79 Å². The number of carbonyl (C=O) groups excluding carboxylic acids is 1. The Morgan fingerprint density at radius 2 is 2.32 bits per heavy atom. The van der Waals surface area contributed by atoms with Crippen molar-refractivity contribution in [1.29, 1.82) is 0 Å². The summed E-state index contributed by atoms with van der Waals surface area (Å²) >= 11 is 0. The molecule has 104 valence electrons. The Balaban J connectivity index is 1.90. The van der Waals surface area contributed by atoms with Gasteiger partial charge in [0.05, 0.1) is 0 Å². The van der Waals surface area contributed by atoms with E-state index in [1.54, 1.807) is 0 Å². The van der Waals surface area contributed by atoms with E-state index in [2.05, 4.69) is 17.1 Å². The highest BCUT2D eigenvalue weighted by Gasteiger charge is 2.21. The zero-order valence-electron chi connectivity index (χ0n) is 11.8. The smallest absolute Gasteiger partial charge is 0.251 e. The standard InChI is InChI=1S/C15H23N3O/c1-3-18-8-7-12(10-18)9-17-15(19)13-5-4-6-14(16)11(13)2/h4-6,12H,3,7-10,16H2,1-2H3,(H,17,19). The number of hydrogen-bond acceptors (Lipinski definition) is 3. The summed E-state index contributed by atoms with van der Waals surface area (Å²) < 4.78 is 0. The number of hydrogen-bond donors (Lipinski definition) is 2. The lowest BCUT2D eigenvalue weighted by molar-refractivity contribution is 0.0947. The Morgan fingerprint density at radius 1 is 1.53 bits per heavy atom. The van der Waals surface area contributed by atoms with Crippen molar-refractivity contribution in [2.45, 2.75) is 20.3 Å². The molecule has 0 saturated carbocycles. The summed E-state index contributed by atoms with van der Waals surface area (Å²) in [7, 11) is 0. The number of benzene rings is 1. The second-order valence-corrected chi connectivity index (χ2v) is 5.28. The van der Waals surface area contributed by atoms with Crippen molar-refractivity contribution in [1.82, 2.24) is 10.2 Å². The van der Waals surface area contributed by atoms with Crippen LogP contribution in [0.2, 0.25) is 0 Å². The quantitative estimate of drug-likeness (QED) is 0.810. The number of likely N-dealkylation sites (tertiary alicyclic amines) is 1. The van der Waals surface area contributed by atoms with E-state index < -0.39 is 0 Å². The van der Waals surface area contributed by atoms with Crippen LogP contribution in [-0.2, 0) is 0 Å². The summed E-state index contributed by atoms with van der Waals surface area (Å²) in [6.07, 6.45) is 1.17. The molecule has 0 spiro atoms. The molecule has 0 aliphatic carbocycles.